The molecular weight excluding hydrogens is 432 g/mol. The number of likely N-dealkylation sites (tertiary alicyclic amines) is 1. The molecule has 5 rings (SSSR count). The van der Waals surface area contributed by atoms with E-state index in [0.717, 1.165) is 31.2 Å². The molecule has 0 bridgehead atoms. The van der Waals surface area contributed by atoms with Gasteiger partial charge < -0.3 is 15.7 Å². The van der Waals surface area contributed by atoms with Gasteiger partial charge in [-0.2, -0.15) is 5.10 Å². The van der Waals surface area contributed by atoms with Crippen molar-refractivity contribution < 1.29 is 14.7 Å². The predicted octanol–water partition coefficient (Wildman–Crippen LogP) is 3.22. The Balaban J connectivity index is 1.27. The zero-order valence-electron chi connectivity index (χ0n) is 18.9. The van der Waals surface area contributed by atoms with Crippen molar-refractivity contribution in [1.29, 1.82) is 0 Å². The number of nitrogen functional groups attached to an aromatic ring is 1. The van der Waals surface area contributed by atoms with Gasteiger partial charge in [0.15, 0.2) is 5.82 Å². The molecule has 0 atom stereocenters. The van der Waals surface area contributed by atoms with Crippen LogP contribution in [0.5, 0.6) is 5.75 Å². The molecular formula is C25H28N6O3. The van der Waals surface area contributed by atoms with Crippen molar-refractivity contribution in [2.24, 2.45) is 5.92 Å². The third-order valence-corrected chi connectivity index (χ3v) is 6.97. The number of piperidine rings is 1. The number of rotatable bonds is 4. The number of ketones is 1. The highest BCUT2D eigenvalue weighted by Crippen LogP contribution is 2.36. The Kier molecular flexibility index (Phi) is 6.00. The van der Waals surface area contributed by atoms with Crippen LogP contribution in [-0.2, 0) is 9.59 Å². The van der Waals surface area contributed by atoms with E-state index in [9.17, 15) is 14.7 Å². The van der Waals surface area contributed by atoms with Crippen LogP contribution in [0.4, 0.5) is 5.82 Å². The second kappa shape index (κ2) is 9.24. The van der Waals surface area contributed by atoms with Crippen LogP contribution < -0.4 is 5.73 Å². The highest BCUT2D eigenvalue weighted by atomic mass is 16.3. The third-order valence-electron chi connectivity index (χ3n) is 6.97. The molecule has 0 spiro atoms. The summed E-state index contributed by atoms with van der Waals surface area (Å²) >= 11 is 0. The van der Waals surface area contributed by atoms with E-state index in [4.69, 9.17) is 5.73 Å². The molecule has 2 aromatic heterocycles. The van der Waals surface area contributed by atoms with Crippen LogP contribution in [0.25, 0.3) is 22.4 Å². The number of aromatic hydroxyl groups is 1. The van der Waals surface area contributed by atoms with Gasteiger partial charge in [-0.1, -0.05) is 12.1 Å². The molecule has 0 unspecified atom stereocenters. The number of nitrogens with two attached hydrogens (primary N) is 1. The molecule has 3 aromatic rings. The van der Waals surface area contributed by atoms with Crippen molar-refractivity contribution in [1.82, 2.24) is 24.9 Å². The van der Waals surface area contributed by atoms with Crippen molar-refractivity contribution in [3.8, 4) is 28.1 Å². The zero-order valence-corrected chi connectivity index (χ0v) is 18.9. The number of para-hydroxylation sites is 1. The number of Topliss-reactive ketones (excluding diaryl/α,β-unsaturated/α-hetero) is 1. The fourth-order valence-electron chi connectivity index (χ4n) is 4.95. The van der Waals surface area contributed by atoms with Gasteiger partial charge in [-0.3, -0.25) is 14.3 Å². The second-order valence-corrected chi connectivity index (χ2v) is 9.12. The summed E-state index contributed by atoms with van der Waals surface area (Å²) in [5, 5.41) is 23.0. The summed E-state index contributed by atoms with van der Waals surface area (Å²) in [6, 6.07) is 9.01. The summed E-state index contributed by atoms with van der Waals surface area (Å²) in [4.78, 5) is 26.2. The average molecular weight is 461 g/mol. The fraction of sp³-hybridized carbons (Fsp3) is 0.400. The van der Waals surface area contributed by atoms with E-state index in [1.54, 1.807) is 24.4 Å². The van der Waals surface area contributed by atoms with E-state index < -0.39 is 0 Å². The minimum Gasteiger partial charge on any atom is -0.507 e. The number of hydrogen-bond donors (Lipinski definition) is 2. The quantitative estimate of drug-likeness (QED) is 0.612. The van der Waals surface area contributed by atoms with Gasteiger partial charge in [0.2, 0.25) is 5.91 Å². The first-order valence-electron chi connectivity index (χ1n) is 11.8. The summed E-state index contributed by atoms with van der Waals surface area (Å²) < 4.78 is 1.95. The van der Waals surface area contributed by atoms with Crippen molar-refractivity contribution in [2.75, 3.05) is 18.8 Å². The van der Waals surface area contributed by atoms with Gasteiger partial charge in [0.25, 0.3) is 0 Å². The predicted molar refractivity (Wildman–Crippen MR) is 127 cm³/mol. The number of anilines is 1. The maximum atomic E-state index is 12.9. The molecule has 3 N–H and O–H groups in total. The second-order valence-electron chi connectivity index (χ2n) is 9.12. The normalized spacial score (nSPS) is 20.9. The molecule has 1 aliphatic carbocycles. The van der Waals surface area contributed by atoms with Crippen LogP contribution >= 0.6 is 0 Å². The Morgan fingerprint density at radius 1 is 1.03 bits per heavy atom. The molecule has 1 saturated carbocycles. The minimum absolute atomic E-state index is 0.0284. The number of aromatic nitrogens is 4. The van der Waals surface area contributed by atoms with Gasteiger partial charge in [0, 0.05) is 54.7 Å². The first kappa shape index (κ1) is 22.1. The van der Waals surface area contributed by atoms with Gasteiger partial charge in [-0.05, 0) is 43.9 Å². The maximum Gasteiger partial charge on any atom is 0.225 e. The monoisotopic (exact) mass is 460 g/mol. The molecule has 2 fully saturated rings. The van der Waals surface area contributed by atoms with Crippen LogP contribution in [0, 0.1) is 5.92 Å². The molecule has 1 amide bonds. The Hall–Kier alpha value is -3.75. The maximum absolute atomic E-state index is 12.9. The molecule has 34 heavy (non-hydrogen) atoms. The molecule has 176 valence electrons. The number of amides is 1. The summed E-state index contributed by atoms with van der Waals surface area (Å²) in [7, 11) is 0. The van der Waals surface area contributed by atoms with Gasteiger partial charge >= 0.3 is 0 Å². The SMILES string of the molecule is Nc1nnc(-c2ccccc2O)cc1-c1cnn(C2CCC(C(=O)N3CCC(=O)CC3)CC2)c1. The average Bonchev–Trinajstić information content (AvgIpc) is 3.35. The first-order chi connectivity index (χ1) is 16.5. The van der Waals surface area contributed by atoms with E-state index in [-0.39, 0.29) is 29.4 Å². The van der Waals surface area contributed by atoms with Crippen LogP contribution in [0.2, 0.25) is 0 Å². The summed E-state index contributed by atoms with van der Waals surface area (Å²) in [6.45, 7) is 1.12. The van der Waals surface area contributed by atoms with E-state index in [2.05, 4.69) is 15.3 Å². The number of phenolic OH excluding ortho intramolecular Hbond substituents is 1. The first-order valence-corrected chi connectivity index (χ1v) is 11.8. The molecule has 2 aliphatic rings. The van der Waals surface area contributed by atoms with Gasteiger partial charge in [0.05, 0.1) is 17.9 Å². The number of carbonyl (C=O) groups is 2. The third kappa shape index (κ3) is 4.37. The van der Waals surface area contributed by atoms with E-state index >= 15 is 0 Å². The minimum atomic E-state index is 0.0284. The molecule has 3 heterocycles. The lowest BCUT2D eigenvalue weighted by atomic mass is 9.85. The lowest BCUT2D eigenvalue weighted by molar-refractivity contribution is -0.139. The highest BCUT2D eigenvalue weighted by Gasteiger charge is 2.32. The topological polar surface area (TPSA) is 127 Å². The van der Waals surface area contributed by atoms with Crippen molar-refractivity contribution in [3.63, 3.8) is 0 Å². The highest BCUT2D eigenvalue weighted by molar-refractivity contribution is 5.84. The smallest absolute Gasteiger partial charge is 0.225 e. The van der Waals surface area contributed by atoms with Crippen LogP contribution in [0.3, 0.4) is 0 Å². The summed E-state index contributed by atoms with van der Waals surface area (Å²) in [5.41, 5.74) is 8.79. The molecule has 1 aliphatic heterocycles. The standard InChI is InChI=1S/C25H28N6O3/c26-24-21(13-22(28-29-24)20-3-1-2-4-23(20)33)17-14-27-31(15-17)18-7-5-16(6-8-18)25(34)30-11-9-19(32)10-12-30/h1-4,13-16,18,33H,5-12H2,(H2,26,29). The fourth-order valence-corrected chi connectivity index (χ4v) is 4.95. The Bertz CT molecular complexity index is 1200. The van der Waals surface area contributed by atoms with Gasteiger partial charge in [-0.25, -0.2) is 0 Å². The summed E-state index contributed by atoms with van der Waals surface area (Å²) in [6.07, 6.45) is 8.08. The largest absolute Gasteiger partial charge is 0.507 e. The van der Waals surface area contributed by atoms with Crippen molar-refractivity contribution >= 4 is 17.5 Å². The lowest BCUT2D eigenvalue weighted by Crippen LogP contribution is -2.42. The zero-order chi connectivity index (χ0) is 23.7. The van der Waals surface area contributed by atoms with Crippen LogP contribution in [-0.4, -0.2) is 54.8 Å². The van der Waals surface area contributed by atoms with E-state index in [0.29, 0.717) is 48.6 Å². The molecule has 1 aromatic carbocycles. The van der Waals surface area contributed by atoms with E-state index in [1.807, 2.05) is 27.9 Å². The summed E-state index contributed by atoms with van der Waals surface area (Å²) in [5.74, 6) is 0.902. The number of hydrogen-bond acceptors (Lipinski definition) is 7. The number of nitrogens with zero attached hydrogens (tertiary/aromatic N) is 5. The number of carbonyl (C=O) groups excluding carboxylic acids is 2. The Morgan fingerprint density at radius 3 is 2.50 bits per heavy atom. The van der Waals surface area contributed by atoms with Gasteiger partial charge in [-0.15, -0.1) is 10.2 Å². The Morgan fingerprint density at radius 2 is 1.76 bits per heavy atom. The van der Waals surface area contributed by atoms with Crippen LogP contribution in [0.1, 0.15) is 44.6 Å². The molecule has 9 heteroatoms. The number of benzene rings is 1. The van der Waals surface area contributed by atoms with E-state index in [1.165, 1.54) is 0 Å². The lowest BCUT2D eigenvalue weighted by Gasteiger charge is -2.33. The molecule has 0 radical (unpaired) electrons. The van der Waals surface area contributed by atoms with Crippen molar-refractivity contribution in [3.05, 3.63) is 42.7 Å². The van der Waals surface area contributed by atoms with Crippen molar-refractivity contribution in [2.45, 2.75) is 44.6 Å². The molecule has 9 nitrogen and oxygen atoms in total. The Labute approximate surface area is 197 Å². The van der Waals surface area contributed by atoms with Crippen LogP contribution in [0.15, 0.2) is 42.7 Å². The van der Waals surface area contributed by atoms with Gasteiger partial charge in [0.1, 0.15) is 11.5 Å². The number of phenols is 1. The molecule has 1 saturated heterocycles.